The largest absolute Gasteiger partial charge is 0.393 e. The number of carbonyl (C=O) groups is 1. The molecule has 1 aromatic heterocycles. The summed E-state index contributed by atoms with van der Waals surface area (Å²) in [6.45, 7) is 2.16. The normalized spacial score (nSPS) is 17.4. The molecular weight excluding hydrogens is 242 g/mol. The van der Waals surface area contributed by atoms with Crippen LogP contribution in [-0.2, 0) is 0 Å². The van der Waals surface area contributed by atoms with E-state index in [1.54, 1.807) is 19.2 Å². The Labute approximate surface area is 113 Å². The van der Waals surface area contributed by atoms with Gasteiger partial charge in [-0.2, -0.15) is 0 Å². The molecule has 0 aromatic carbocycles. The second kappa shape index (κ2) is 6.61. The zero-order valence-corrected chi connectivity index (χ0v) is 11.3. The minimum atomic E-state index is -0.403. The molecule has 5 nitrogen and oxygen atoms in total. The topological polar surface area (TPSA) is 75.1 Å². The number of carbonyl (C=O) groups excluding carboxylic acids is 1. The minimum Gasteiger partial charge on any atom is -0.393 e. The van der Waals surface area contributed by atoms with Crippen LogP contribution in [0.3, 0.4) is 0 Å². The quantitative estimate of drug-likeness (QED) is 0.846. The lowest BCUT2D eigenvalue weighted by Gasteiger charge is -2.09. The summed E-state index contributed by atoms with van der Waals surface area (Å²) in [5.74, 6) is 1.01. The van der Waals surface area contributed by atoms with Crippen LogP contribution in [0.1, 0.15) is 61.3 Å². The third kappa shape index (κ3) is 3.99. The fourth-order valence-electron chi connectivity index (χ4n) is 2.37. The van der Waals surface area contributed by atoms with Crippen LogP contribution in [-0.4, -0.2) is 33.6 Å². The SMILES string of the molecule is CC(O)CCNC(=O)c1ccnc(C2CCCC2)n1. The summed E-state index contributed by atoms with van der Waals surface area (Å²) in [6.07, 6.45) is 6.48. The Bertz CT molecular complexity index is 428. The molecule has 1 aliphatic carbocycles. The molecule has 1 aromatic rings. The van der Waals surface area contributed by atoms with E-state index in [1.165, 1.54) is 12.8 Å². The van der Waals surface area contributed by atoms with Gasteiger partial charge in [0.15, 0.2) is 0 Å². The highest BCUT2D eigenvalue weighted by Gasteiger charge is 2.20. The first-order valence-electron chi connectivity index (χ1n) is 6.96. The molecule has 0 saturated heterocycles. The molecule has 1 saturated carbocycles. The predicted molar refractivity (Wildman–Crippen MR) is 71.9 cm³/mol. The molecule has 0 radical (unpaired) electrons. The van der Waals surface area contributed by atoms with Gasteiger partial charge in [0.25, 0.3) is 5.91 Å². The maximum Gasteiger partial charge on any atom is 0.270 e. The molecule has 1 fully saturated rings. The van der Waals surface area contributed by atoms with E-state index in [4.69, 9.17) is 5.11 Å². The summed E-state index contributed by atoms with van der Waals surface area (Å²) in [7, 11) is 0. The Morgan fingerprint density at radius 2 is 2.26 bits per heavy atom. The van der Waals surface area contributed by atoms with Crippen molar-refractivity contribution in [3.8, 4) is 0 Å². The summed E-state index contributed by atoms with van der Waals surface area (Å²) in [5, 5.41) is 11.9. The standard InChI is InChI=1S/C14H21N3O2/c1-10(18)6-8-16-14(19)12-7-9-15-13(17-12)11-4-2-3-5-11/h7,9-11,18H,2-6,8H2,1H3,(H,16,19). The monoisotopic (exact) mass is 263 g/mol. The van der Waals surface area contributed by atoms with Gasteiger partial charge in [0.05, 0.1) is 6.10 Å². The van der Waals surface area contributed by atoms with Gasteiger partial charge in [-0.05, 0) is 32.3 Å². The van der Waals surface area contributed by atoms with Gasteiger partial charge < -0.3 is 10.4 Å². The molecule has 0 aliphatic heterocycles. The number of aliphatic hydroxyl groups is 1. The van der Waals surface area contributed by atoms with Crippen molar-refractivity contribution < 1.29 is 9.90 Å². The van der Waals surface area contributed by atoms with Crippen molar-refractivity contribution in [1.82, 2.24) is 15.3 Å². The lowest BCUT2D eigenvalue weighted by Crippen LogP contribution is -2.27. The summed E-state index contributed by atoms with van der Waals surface area (Å²) >= 11 is 0. The molecule has 0 spiro atoms. The van der Waals surface area contributed by atoms with Crippen molar-refractivity contribution >= 4 is 5.91 Å². The first-order chi connectivity index (χ1) is 9.16. The van der Waals surface area contributed by atoms with E-state index in [0.29, 0.717) is 24.6 Å². The second-order valence-corrected chi connectivity index (χ2v) is 5.18. The summed E-state index contributed by atoms with van der Waals surface area (Å²) in [4.78, 5) is 20.6. The zero-order chi connectivity index (χ0) is 13.7. The average molecular weight is 263 g/mol. The maximum absolute atomic E-state index is 11.9. The van der Waals surface area contributed by atoms with Gasteiger partial charge in [0.1, 0.15) is 11.5 Å². The number of nitrogens with zero attached hydrogens (tertiary/aromatic N) is 2. The van der Waals surface area contributed by atoms with E-state index in [9.17, 15) is 4.79 Å². The Balaban J connectivity index is 1.95. The van der Waals surface area contributed by atoms with Crippen LogP contribution in [0.15, 0.2) is 12.3 Å². The molecular formula is C14H21N3O2. The third-order valence-corrected chi connectivity index (χ3v) is 3.47. The second-order valence-electron chi connectivity index (χ2n) is 5.18. The van der Waals surface area contributed by atoms with E-state index in [-0.39, 0.29) is 5.91 Å². The van der Waals surface area contributed by atoms with Gasteiger partial charge in [-0.3, -0.25) is 4.79 Å². The number of hydrogen-bond donors (Lipinski definition) is 2. The first kappa shape index (κ1) is 13.9. The van der Waals surface area contributed by atoms with Crippen LogP contribution in [0, 0.1) is 0 Å². The Hall–Kier alpha value is -1.49. The van der Waals surface area contributed by atoms with Crippen LogP contribution in [0.4, 0.5) is 0 Å². The van der Waals surface area contributed by atoms with Gasteiger partial charge in [-0.1, -0.05) is 12.8 Å². The lowest BCUT2D eigenvalue weighted by molar-refractivity contribution is 0.0940. The molecule has 0 bridgehead atoms. The van der Waals surface area contributed by atoms with Gasteiger partial charge in [-0.25, -0.2) is 9.97 Å². The molecule has 2 rings (SSSR count). The van der Waals surface area contributed by atoms with Crippen LogP contribution < -0.4 is 5.32 Å². The van der Waals surface area contributed by atoms with Crippen molar-refractivity contribution in [2.24, 2.45) is 0 Å². The van der Waals surface area contributed by atoms with Gasteiger partial charge >= 0.3 is 0 Å². The Morgan fingerprint density at radius 1 is 1.53 bits per heavy atom. The number of hydrogen-bond acceptors (Lipinski definition) is 4. The van der Waals surface area contributed by atoms with Gasteiger partial charge in [0.2, 0.25) is 0 Å². The van der Waals surface area contributed by atoms with Crippen molar-refractivity contribution in [3.63, 3.8) is 0 Å². The summed E-state index contributed by atoms with van der Waals surface area (Å²) in [5.41, 5.74) is 0.419. The third-order valence-electron chi connectivity index (χ3n) is 3.47. The Kier molecular flexibility index (Phi) is 4.85. The molecule has 1 heterocycles. The predicted octanol–water partition coefficient (Wildman–Crippen LogP) is 1.63. The highest BCUT2D eigenvalue weighted by Crippen LogP contribution is 2.31. The van der Waals surface area contributed by atoms with Crippen molar-refractivity contribution in [2.45, 2.75) is 51.0 Å². The van der Waals surface area contributed by atoms with E-state index >= 15 is 0 Å². The van der Waals surface area contributed by atoms with Crippen LogP contribution in [0.5, 0.6) is 0 Å². The first-order valence-corrected chi connectivity index (χ1v) is 6.96. The fourth-order valence-corrected chi connectivity index (χ4v) is 2.37. The van der Waals surface area contributed by atoms with Crippen LogP contribution in [0.2, 0.25) is 0 Å². The number of amides is 1. The van der Waals surface area contributed by atoms with Crippen molar-refractivity contribution in [3.05, 3.63) is 23.8 Å². The zero-order valence-electron chi connectivity index (χ0n) is 11.3. The van der Waals surface area contributed by atoms with E-state index in [1.807, 2.05) is 0 Å². The maximum atomic E-state index is 11.9. The highest BCUT2D eigenvalue weighted by atomic mass is 16.3. The molecule has 1 aliphatic rings. The van der Waals surface area contributed by atoms with Crippen molar-refractivity contribution in [1.29, 1.82) is 0 Å². The number of aliphatic hydroxyl groups excluding tert-OH is 1. The fraction of sp³-hybridized carbons (Fsp3) is 0.643. The molecule has 1 unspecified atom stereocenters. The smallest absolute Gasteiger partial charge is 0.270 e. The lowest BCUT2D eigenvalue weighted by atomic mass is 10.1. The number of rotatable bonds is 5. The molecule has 19 heavy (non-hydrogen) atoms. The van der Waals surface area contributed by atoms with E-state index in [2.05, 4.69) is 15.3 Å². The molecule has 5 heteroatoms. The Morgan fingerprint density at radius 3 is 2.95 bits per heavy atom. The molecule has 2 N–H and O–H groups in total. The molecule has 104 valence electrons. The molecule has 1 amide bonds. The number of nitrogens with one attached hydrogen (secondary N) is 1. The van der Waals surface area contributed by atoms with E-state index < -0.39 is 6.10 Å². The van der Waals surface area contributed by atoms with Gasteiger partial charge in [-0.15, -0.1) is 0 Å². The van der Waals surface area contributed by atoms with Crippen LogP contribution >= 0.6 is 0 Å². The molecule has 1 atom stereocenters. The summed E-state index contributed by atoms with van der Waals surface area (Å²) in [6, 6.07) is 1.64. The minimum absolute atomic E-state index is 0.192. The average Bonchev–Trinajstić information content (AvgIpc) is 2.92. The van der Waals surface area contributed by atoms with Gasteiger partial charge in [0, 0.05) is 18.7 Å². The van der Waals surface area contributed by atoms with Crippen molar-refractivity contribution in [2.75, 3.05) is 6.54 Å². The van der Waals surface area contributed by atoms with Crippen LogP contribution in [0.25, 0.3) is 0 Å². The van der Waals surface area contributed by atoms with E-state index in [0.717, 1.165) is 18.7 Å². The summed E-state index contributed by atoms with van der Waals surface area (Å²) < 4.78 is 0. The highest BCUT2D eigenvalue weighted by molar-refractivity contribution is 5.92. The number of aromatic nitrogens is 2.